The number of alkyl carbamates (subject to hydrolysis) is 1. The summed E-state index contributed by atoms with van der Waals surface area (Å²) < 4.78 is 105. The molecule has 3 atom stereocenters. The van der Waals surface area contributed by atoms with Crippen molar-refractivity contribution < 1.29 is 59.7 Å². The zero-order valence-electron chi connectivity index (χ0n) is 29.2. The summed E-state index contributed by atoms with van der Waals surface area (Å²) in [6.45, 7) is 4.93. The minimum atomic E-state index is -5.08. The fourth-order valence-electron chi connectivity index (χ4n) is 5.96. The summed E-state index contributed by atoms with van der Waals surface area (Å²) in [5, 5.41) is 2.58. The van der Waals surface area contributed by atoms with E-state index in [0.717, 1.165) is 7.11 Å². The van der Waals surface area contributed by atoms with Crippen LogP contribution >= 0.6 is 0 Å². The summed E-state index contributed by atoms with van der Waals surface area (Å²) in [7, 11) is 1.10. The zero-order valence-corrected chi connectivity index (χ0v) is 29.2. The number of alkyl halides is 6. The molecule has 9 nitrogen and oxygen atoms in total. The Kier molecular flexibility index (Phi) is 13.3. The molecule has 290 valence electrons. The lowest BCUT2D eigenvalue weighted by Crippen LogP contribution is -2.70. The van der Waals surface area contributed by atoms with Crippen molar-refractivity contribution in [1.29, 1.82) is 0 Å². The first kappa shape index (κ1) is 42.6. The predicted molar refractivity (Wildman–Crippen MR) is 182 cm³/mol. The summed E-state index contributed by atoms with van der Waals surface area (Å²) in [6.07, 6.45) is -13.7. The van der Waals surface area contributed by atoms with E-state index in [1.165, 1.54) is 11.8 Å². The molecular formula is C38H44F6N2O7. The number of ether oxygens (including phenoxy) is 4. The standard InChI is InChI=1S/C37H40F6N2O7.CH4/c1-24(26-18-28(36(38,39)40)20-29(19-26)37(41,42)43)51-23-35(27-14-10-7-11-15-27)17-16-34(30(46)49-5,44-31(47)52-33(2,3)4)22-45(35)32(48)50-21-25-12-8-6-9-13-25;/h6-15,18-20,24H,16-17,21-23H2,1-5H3,(H,44,47);1H4/t24-,34?,35-;/m1./s1. The number of rotatable bonds is 9. The van der Waals surface area contributed by atoms with Gasteiger partial charge in [0.2, 0.25) is 0 Å². The van der Waals surface area contributed by atoms with Gasteiger partial charge in [-0.05, 0) is 75.4 Å². The van der Waals surface area contributed by atoms with Crippen LogP contribution in [0.5, 0.6) is 0 Å². The number of likely N-dealkylation sites (tertiary alicyclic amines) is 1. The van der Waals surface area contributed by atoms with Crippen molar-refractivity contribution in [2.24, 2.45) is 0 Å². The highest BCUT2D eigenvalue weighted by molar-refractivity contribution is 5.87. The lowest BCUT2D eigenvalue weighted by molar-refractivity contribution is -0.155. The minimum Gasteiger partial charge on any atom is -0.467 e. The van der Waals surface area contributed by atoms with Crippen molar-refractivity contribution >= 4 is 18.2 Å². The average molecular weight is 755 g/mol. The van der Waals surface area contributed by atoms with Crippen molar-refractivity contribution in [3.63, 3.8) is 0 Å². The molecule has 1 heterocycles. The van der Waals surface area contributed by atoms with Gasteiger partial charge in [0.15, 0.2) is 5.54 Å². The van der Waals surface area contributed by atoms with Crippen LogP contribution in [0.15, 0.2) is 78.9 Å². The number of methoxy groups -OCH3 is 1. The maximum atomic E-state index is 14.2. The van der Waals surface area contributed by atoms with Crippen LogP contribution in [-0.2, 0) is 48.2 Å². The largest absolute Gasteiger partial charge is 0.467 e. The van der Waals surface area contributed by atoms with E-state index >= 15 is 0 Å². The normalized spacial score (nSPS) is 19.7. The molecule has 4 rings (SSSR count). The SMILES string of the molecule is C.COC(=O)C1(NC(=O)OC(C)(C)C)CC[C@@](CO[C@H](C)c2cc(C(F)(F)F)cc(C(F)(F)F)c2)(c2ccccc2)N(C(=O)OCc2ccccc2)C1. The van der Waals surface area contributed by atoms with Gasteiger partial charge in [-0.1, -0.05) is 68.1 Å². The van der Waals surface area contributed by atoms with E-state index < -0.39 is 83.1 Å². The van der Waals surface area contributed by atoms with Gasteiger partial charge in [0.25, 0.3) is 0 Å². The van der Waals surface area contributed by atoms with Gasteiger partial charge >= 0.3 is 30.5 Å². The Morgan fingerprint density at radius 2 is 1.40 bits per heavy atom. The topological polar surface area (TPSA) is 103 Å². The highest BCUT2D eigenvalue weighted by atomic mass is 19.4. The molecule has 1 aliphatic rings. The van der Waals surface area contributed by atoms with Crippen molar-refractivity contribution in [3.8, 4) is 0 Å². The molecule has 0 bridgehead atoms. The number of carbonyl (C=O) groups excluding carboxylic acids is 3. The minimum absolute atomic E-state index is 0. The summed E-state index contributed by atoms with van der Waals surface area (Å²) in [6, 6.07) is 18.2. The van der Waals surface area contributed by atoms with Crippen LogP contribution < -0.4 is 5.32 Å². The number of piperidine rings is 1. The smallest absolute Gasteiger partial charge is 0.416 e. The van der Waals surface area contributed by atoms with Gasteiger partial charge in [-0.25, -0.2) is 14.4 Å². The number of halogens is 6. The highest BCUT2D eigenvalue weighted by Gasteiger charge is 2.56. The van der Waals surface area contributed by atoms with E-state index in [1.54, 1.807) is 81.4 Å². The lowest BCUT2D eigenvalue weighted by atomic mass is 9.74. The van der Waals surface area contributed by atoms with E-state index in [2.05, 4.69) is 5.32 Å². The highest BCUT2D eigenvalue weighted by Crippen LogP contribution is 2.44. The summed E-state index contributed by atoms with van der Waals surface area (Å²) >= 11 is 0. The quantitative estimate of drug-likeness (QED) is 0.132. The molecule has 1 unspecified atom stereocenters. The summed E-state index contributed by atoms with van der Waals surface area (Å²) in [5.41, 5.74) is -6.70. The Bertz CT molecular complexity index is 1680. The van der Waals surface area contributed by atoms with Crippen LogP contribution in [0.1, 0.15) is 81.9 Å². The second-order valence-corrected chi connectivity index (χ2v) is 13.5. The maximum Gasteiger partial charge on any atom is 0.416 e. The Morgan fingerprint density at radius 1 is 0.849 bits per heavy atom. The molecule has 1 saturated heterocycles. The predicted octanol–water partition coefficient (Wildman–Crippen LogP) is 9.20. The van der Waals surface area contributed by atoms with Crippen LogP contribution in [-0.4, -0.2) is 54.5 Å². The molecule has 0 saturated carbocycles. The first-order valence-corrected chi connectivity index (χ1v) is 16.2. The number of esters is 1. The molecule has 3 aromatic carbocycles. The number of benzene rings is 3. The molecule has 1 fully saturated rings. The van der Waals surface area contributed by atoms with Gasteiger partial charge in [-0.3, -0.25) is 4.90 Å². The van der Waals surface area contributed by atoms with Crippen molar-refractivity contribution in [2.75, 3.05) is 20.3 Å². The fraction of sp³-hybridized carbons (Fsp3) is 0.447. The third-order valence-electron chi connectivity index (χ3n) is 8.61. The number of hydrogen-bond acceptors (Lipinski definition) is 7. The van der Waals surface area contributed by atoms with Crippen LogP contribution in [0, 0.1) is 0 Å². The molecule has 1 N–H and O–H groups in total. The van der Waals surface area contributed by atoms with E-state index in [4.69, 9.17) is 18.9 Å². The lowest BCUT2D eigenvalue weighted by Gasteiger charge is -2.52. The van der Waals surface area contributed by atoms with E-state index in [9.17, 15) is 40.7 Å². The molecule has 1 aliphatic heterocycles. The second-order valence-electron chi connectivity index (χ2n) is 13.5. The molecule has 53 heavy (non-hydrogen) atoms. The van der Waals surface area contributed by atoms with Crippen molar-refractivity contribution in [2.45, 2.75) is 89.7 Å². The molecule has 0 aliphatic carbocycles. The van der Waals surface area contributed by atoms with E-state index in [-0.39, 0.29) is 32.9 Å². The third-order valence-corrected chi connectivity index (χ3v) is 8.61. The van der Waals surface area contributed by atoms with Crippen molar-refractivity contribution in [1.82, 2.24) is 10.2 Å². The Labute approximate surface area is 304 Å². The number of amides is 2. The molecule has 0 radical (unpaired) electrons. The Morgan fingerprint density at radius 3 is 1.91 bits per heavy atom. The van der Waals surface area contributed by atoms with Gasteiger partial charge in [0.05, 0.1) is 43.0 Å². The molecule has 2 amide bonds. The van der Waals surface area contributed by atoms with E-state index in [0.29, 0.717) is 23.3 Å². The number of nitrogens with zero attached hydrogens (tertiary/aromatic N) is 1. The maximum absolute atomic E-state index is 14.2. The zero-order chi connectivity index (χ0) is 38.5. The Hall–Kier alpha value is -4.79. The van der Waals surface area contributed by atoms with Gasteiger partial charge in [-0.2, -0.15) is 26.3 Å². The van der Waals surface area contributed by atoms with Gasteiger partial charge < -0.3 is 24.3 Å². The monoisotopic (exact) mass is 754 g/mol. The molecule has 15 heteroatoms. The molecular weight excluding hydrogens is 710 g/mol. The molecule has 0 aromatic heterocycles. The second kappa shape index (κ2) is 16.5. The molecule has 3 aromatic rings. The van der Waals surface area contributed by atoms with Crippen LogP contribution in [0.3, 0.4) is 0 Å². The third kappa shape index (κ3) is 10.4. The van der Waals surface area contributed by atoms with Crippen LogP contribution in [0.25, 0.3) is 0 Å². The molecule has 0 spiro atoms. The van der Waals surface area contributed by atoms with Crippen LogP contribution in [0.4, 0.5) is 35.9 Å². The summed E-state index contributed by atoms with van der Waals surface area (Å²) in [4.78, 5) is 41.9. The number of nitrogens with one attached hydrogen (secondary N) is 1. The average Bonchev–Trinajstić information content (AvgIpc) is 3.08. The van der Waals surface area contributed by atoms with Gasteiger partial charge in [0, 0.05) is 0 Å². The Balaban J connectivity index is 0.00000756. The van der Waals surface area contributed by atoms with Crippen molar-refractivity contribution in [3.05, 3.63) is 107 Å². The first-order chi connectivity index (χ1) is 24.2. The first-order valence-electron chi connectivity index (χ1n) is 16.2. The number of hydrogen-bond donors (Lipinski definition) is 1. The summed E-state index contributed by atoms with van der Waals surface area (Å²) in [5.74, 6) is -0.904. The van der Waals surface area contributed by atoms with E-state index in [1.807, 2.05) is 0 Å². The van der Waals surface area contributed by atoms with Gasteiger partial charge in [-0.15, -0.1) is 0 Å². The fourth-order valence-corrected chi connectivity index (χ4v) is 5.96. The van der Waals surface area contributed by atoms with Crippen LogP contribution in [0.2, 0.25) is 0 Å². The van der Waals surface area contributed by atoms with Gasteiger partial charge in [0.1, 0.15) is 12.2 Å². The number of carbonyl (C=O) groups is 3.